The Hall–Kier alpha value is -2.27. The van der Waals surface area contributed by atoms with E-state index in [0.717, 1.165) is 11.6 Å². The molecular weight excluding hydrogens is 262 g/mol. The Balaban J connectivity index is 2.32. The molecule has 5 heteroatoms. The maximum absolute atomic E-state index is 13.8. The first-order valence-electron chi connectivity index (χ1n) is 6.11. The van der Waals surface area contributed by atoms with Gasteiger partial charge in [0.1, 0.15) is 0 Å². The van der Waals surface area contributed by atoms with Gasteiger partial charge in [0.2, 0.25) is 5.91 Å². The summed E-state index contributed by atoms with van der Waals surface area (Å²) in [5, 5.41) is 2.85. The molecule has 2 aromatic carbocycles. The molecule has 0 heterocycles. The van der Waals surface area contributed by atoms with Gasteiger partial charge in [-0.1, -0.05) is 36.4 Å². The third kappa shape index (κ3) is 3.19. The maximum atomic E-state index is 13.8. The number of benzene rings is 2. The zero-order valence-corrected chi connectivity index (χ0v) is 10.7. The molecule has 0 fully saturated rings. The fraction of sp³-hybridized carbons (Fsp3) is 0.133. The zero-order chi connectivity index (χ0) is 14.5. The summed E-state index contributed by atoms with van der Waals surface area (Å²) < 4.78 is 27.2. The molecular formula is C15H14F2N2O. The van der Waals surface area contributed by atoms with Gasteiger partial charge in [0, 0.05) is 12.1 Å². The van der Waals surface area contributed by atoms with Gasteiger partial charge in [0.25, 0.3) is 0 Å². The van der Waals surface area contributed by atoms with Crippen molar-refractivity contribution in [3.63, 3.8) is 0 Å². The molecule has 3 nitrogen and oxygen atoms in total. The van der Waals surface area contributed by atoms with Crippen molar-refractivity contribution >= 4 is 5.91 Å². The van der Waals surface area contributed by atoms with Crippen LogP contribution in [0, 0.1) is 11.6 Å². The largest absolute Gasteiger partial charge is 0.369 e. The molecule has 0 atom stereocenters. The van der Waals surface area contributed by atoms with Crippen LogP contribution in [0.2, 0.25) is 0 Å². The van der Waals surface area contributed by atoms with Crippen LogP contribution in [0.1, 0.15) is 5.56 Å². The van der Waals surface area contributed by atoms with E-state index in [1.165, 1.54) is 12.1 Å². The molecule has 0 saturated heterocycles. The predicted molar refractivity (Wildman–Crippen MR) is 72.7 cm³/mol. The van der Waals surface area contributed by atoms with E-state index in [0.29, 0.717) is 12.1 Å². The molecule has 0 spiro atoms. The smallest absolute Gasteiger partial charge is 0.231 e. The summed E-state index contributed by atoms with van der Waals surface area (Å²) in [5.74, 6) is -2.24. The van der Waals surface area contributed by atoms with Crippen LogP contribution >= 0.6 is 0 Å². The predicted octanol–water partition coefficient (Wildman–Crippen LogP) is 2.21. The monoisotopic (exact) mass is 276 g/mol. The van der Waals surface area contributed by atoms with Gasteiger partial charge < -0.3 is 11.1 Å². The van der Waals surface area contributed by atoms with Crippen LogP contribution in [0.25, 0.3) is 11.1 Å². The molecule has 0 aliphatic carbocycles. The van der Waals surface area contributed by atoms with Gasteiger partial charge in [0.05, 0.1) is 6.54 Å². The summed E-state index contributed by atoms with van der Waals surface area (Å²) in [5.41, 5.74) is 6.58. The molecule has 0 unspecified atom stereocenters. The third-order valence-corrected chi connectivity index (χ3v) is 2.87. The van der Waals surface area contributed by atoms with E-state index >= 15 is 0 Å². The second kappa shape index (κ2) is 6.25. The van der Waals surface area contributed by atoms with Crippen molar-refractivity contribution in [1.29, 1.82) is 0 Å². The minimum absolute atomic E-state index is 0.0277. The quantitative estimate of drug-likeness (QED) is 0.879. The number of nitrogens with two attached hydrogens (primary N) is 1. The first-order valence-corrected chi connectivity index (χ1v) is 6.11. The van der Waals surface area contributed by atoms with Crippen molar-refractivity contribution in [2.75, 3.05) is 6.54 Å². The second-order valence-electron chi connectivity index (χ2n) is 4.33. The molecule has 0 aliphatic rings. The summed E-state index contributed by atoms with van der Waals surface area (Å²) in [7, 11) is 0. The lowest BCUT2D eigenvalue weighted by molar-refractivity contribution is -0.117. The third-order valence-electron chi connectivity index (χ3n) is 2.87. The Kier molecular flexibility index (Phi) is 4.42. The van der Waals surface area contributed by atoms with Gasteiger partial charge in [-0.15, -0.1) is 0 Å². The molecule has 1 amide bonds. The number of hydrogen-bond acceptors (Lipinski definition) is 2. The van der Waals surface area contributed by atoms with Crippen LogP contribution < -0.4 is 11.1 Å². The molecule has 0 radical (unpaired) electrons. The summed E-state index contributed by atoms with van der Waals surface area (Å²) in [4.78, 5) is 10.7. The van der Waals surface area contributed by atoms with Crippen LogP contribution in [0.4, 0.5) is 8.78 Å². The first kappa shape index (κ1) is 14.1. The summed E-state index contributed by atoms with van der Waals surface area (Å²) >= 11 is 0. The number of halogens is 2. The SMILES string of the molecule is NC(=O)CNCc1ccccc1-c1cccc(F)c1F. The first-order chi connectivity index (χ1) is 9.59. The summed E-state index contributed by atoms with van der Waals surface area (Å²) in [6.07, 6.45) is 0. The summed E-state index contributed by atoms with van der Waals surface area (Å²) in [6, 6.07) is 11.1. The van der Waals surface area contributed by atoms with E-state index in [4.69, 9.17) is 5.73 Å². The molecule has 104 valence electrons. The summed E-state index contributed by atoms with van der Waals surface area (Å²) in [6.45, 7) is 0.370. The maximum Gasteiger partial charge on any atom is 0.231 e. The topological polar surface area (TPSA) is 55.1 Å². The van der Waals surface area contributed by atoms with Crippen LogP contribution in [0.5, 0.6) is 0 Å². The molecule has 0 bridgehead atoms. The normalized spacial score (nSPS) is 10.5. The number of carbonyl (C=O) groups is 1. The standard InChI is InChI=1S/C15H14F2N2O/c16-13-7-3-6-12(15(13)17)11-5-2-1-4-10(11)8-19-9-14(18)20/h1-7,19H,8-9H2,(H2,18,20). The van der Waals surface area contributed by atoms with Crippen molar-refractivity contribution in [2.45, 2.75) is 6.54 Å². The van der Waals surface area contributed by atoms with Crippen molar-refractivity contribution in [2.24, 2.45) is 5.73 Å². The zero-order valence-electron chi connectivity index (χ0n) is 10.7. The van der Waals surface area contributed by atoms with E-state index < -0.39 is 17.5 Å². The van der Waals surface area contributed by atoms with E-state index in [1.807, 2.05) is 0 Å². The fourth-order valence-corrected chi connectivity index (χ4v) is 1.97. The lowest BCUT2D eigenvalue weighted by Gasteiger charge is -2.11. The average molecular weight is 276 g/mol. The minimum atomic E-state index is -0.887. The van der Waals surface area contributed by atoms with Crippen LogP contribution in [0.3, 0.4) is 0 Å². The van der Waals surface area contributed by atoms with Crippen molar-refractivity contribution < 1.29 is 13.6 Å². The number of carbonyl (C=O) groups excluding carboxylic acids is 1. The van der Waals surface area contributed by atoms with Crippen molar-refractivity contribution in [3.05, 3.63) is 59.7 Å². The van der Waals surface area contributed by atoms with E-state index in [1.54, 1.807) is 24.3 Å². The number of hydrogen-bond donors (Lipinski definition) is 2. The lowest BCUT2D eigenvalue weighted by Crippen LogP contribution is -2.28. The highest BCUT2D eigenvalue weighted by Gasteiger charge is 2.12. The number of amides is 1. The van der Waals surface area contributed by atoms with E-state index in [-0.39, 0.29) is 12.1 Å². The number of nitrogens with one attached hydrogen (secondary N) is 1. The Morgan fingerprint density at radius 3 is 2.50 bits per heavy atom. The molecule has 20 heavy (non-hydrogen) atoms. The van der Waals surface area contributed by atoms with Crippen LogP contribution in [0.15, 0.2) is 42.5 Å². The van der Waals surface area contributed by atoms with Crippen molar-refractivity contribution in [3.8, 4) is 11.1 Å². The van der Waals surface area contributed by atoms with Gasteiger partial charge in [-0.2, -0.15) is 0 Å². The Morgan fingerprint density at radius 1 is 1.05 bits per heavy atom. The molecule has 3 N–H and O–H groups in total. The highest BCUT2D eigenvalue weighted by atomic mass is 19.2. The Bertz CT molecular complexity index is 629. The number of rotatable bonds is 5. The molecule has 2 rings (SSSR count). The van der Waals surface area contributed by atoms with Gasteiger partial charge in [-0.05, 0) is 17.2 Å². The lowest BCUT2D eigenvalue weighted by atomic mass is 9.99. The molecule has 0 aliphatic heterocycles. The Labute approximate surface area is 115 Å². The van der Waals surface area contributed by atoms with Gasteiger partial charge >= 0.3 is 0 Å². The van der Waals surface area contributed by atoms with Gasteiger partial charge in [-0.3, -0.25) is 4.79 Å². The average Bonchev–Trinajstić information content (AvgIpc) is 2.42. The second-order valence-corrected chi connectivity index (χ2v) is 4.33. The van der Waals surface area contributed by atoms with Crippen molar-refractivity contribution in [1.82, 2.24) is 5.32 Å². The fourth-order valence-electron chi connectivity index (χ4n) is 1.97. The molecule has 2 aromatic rings. The van der Waals surface area contributed by atoms with Gasteiger partial charge in [0.15, 0.2) is 11.6 Å². The van der Waals surface area contributed by atoms with E-state index in [2.05, 4.69) is 5.32 Å². The highest BCUT2D eigenvalue weighted by Crippen LogP contribution is 2.27. The number of primary amides is 1. The Morgan fingerprint density at radius 2 is 1.75 bits per heavy atom. The molecule has 0 aromatic heterocycles. The van der Waals surface area contributed by atoms with Gasteiger partial charge in [-0.25, -0.2) is 8.78 Å². The van der Waals surface area contributed by atoms with Crippen LogP contribution in [-0.2, 0) is 11.3 Å². The molecule has 0 saturated carbocycles. The highest BCUT2D eigenvalue weighted by molar-refractivity contribution is 5.76. The minimum Gasteiger partial charge on any atom is -0.369 e. The van der Waals surface area contributed by atoms with E-state index in [9.17, 15) is 13.6 Å². The van der Waals surface area contributed by atoms with Crippen LogP contribution in [-0.4, -0.2) is 12.5 Å².